The van der Waals surface area contributed by atoms with E-state index < -0.39 is 0 Å². The molecular formula is C24H25N3O2. The highest BCUT2D eigenvalue weighted by Crippen LogP contribution is 2.21. The second kappa shape index (κ2) is 9.55. The number of hydrogen-bond donors (Lipinski definition) is 3. The molecule has 148 valence electrons. The van der Waals surface area contributed by atoms with Crippen molar-refractivity contribution >= 4 is 28.9 Å². The predicted molar refractivity (Wildman–Crippen MR) is 117 cm³/mol. The Morgan fingerprint density at radius 1 is 0.793 bits per heavy atom. The number of anilines is 3. The van der Waals surface area contributed by atoms with Crippen LogP contribution in [-0.4, -0.2) is 11.8 Å². The van der Waals surface area contributed by atoms with Crippen molar-refractivity contribution in [3.05, 3.63) is 90.0 Å². The number of carbonyl (C=O) groups is 2. The van der Waals surface area contributed by atoms with Crippen molar-refractivity contribution in [3.8, 4) is 0 Å². The average molecular weight is 387 g/mol. The Morgan fingerprint density at radius 2 is 1.38 bits per heavy atom. The third-order valence-corrected chi connectivity index (χ3v) is 4.48. The first-order valence-electron chi connectivity index (χ1n) is 9.55. The number of rotatable bonds is 7. The number of carbonyl (C=O) groups excluding carboxylic acids is 2. The molecule has 0 aliphatic heterocycles. The Kier molecular flexibility index (Phi) is 6.63. The maximum absolute atomic E-state index is 12.5. The maximum Gasteiger partial charge on any atom is 0.226 e. The minimum atomic E-state index is -0.368. The Hall–Kier alpha value is -3.60. The van der Waals surface area contributed by atoms with Crippen molar-refractivity contribution < 1.29 is 9.59 Å². The fourth-order valence-corrected chi connectivity index (χ4v) is 3.02. The van der Waals surface area contributed by atoms with Crippen LogP contribution >= 0.6 is 0 Å². The minimum Gasteiger partial charge on any atom is -0.356 e. The molecule has 3 aromatic carbocycles. The summed E-state index contributed by atoms with van der Waals surface area (Å²) in [7, 11) is 0. The fourth-order valence-electron chi connectivity index (χ4n) is 3.02. The lowest BCUT2D eigenvalue weighted by molar-refractivity contribution is -0.120. The molecule has 0 spiro atoms. The van der Waals surface area contributed by atoms with Gasteiger partial charge in [0.25, 0.3) is 0 Å². The molecule has 1 atom stereocenters. The molecule has 5 heteroatoms. The van der Waals surface area contributed by atoms with E-state index in [-0.39, 0.29) is 24.3 Å². The summed E-state index contributed by atoms with van der Waals surface area (Å²) in [5.74, 6) is -0.326. The second-order valence-corrected chi connectivity index (χ2v) is 6.98. The largest absolute Gasteiger partial charge is 0.356 e. The molecule has 1 unspecified atom stereocenters. The van der Waals surface area contributed by atoms with Crippen LogP contribution in [0.5, 0.6) is 0 Å². The van der Waals surface area contributed by atoms with E-state index in [1.807, 2.05) is 85.8 Å². The second-order valence-electron chi connectivity index (χ2n) is 6.98. The predicted octanol–water partition coefficient (Wildman–Crippen LogP) is 4.94. The van der Waals surface area contributed by atoms with Crippen molar-refractivity contribution in [2.75, 3.05) is 10.6 Å². The van der Waals surface area contributed by atoms with Crippen LogP contribution in [0.3, 0.4) is 0 Å². The summed E-state index contributed by atoms with van der Waals surface area (Å²) in [6, 6.07) is 24.9. The number of nitrogens with one attached hydrogen (secondary N) is 3. The summed E-state index contributed by atoms with van der Waals surface area (Å²) in [6.45, 7) is 3.46. The zero-order chi connectivity index (χ0) is 20.6. The summed E-state index contributed by atoms with van der Waals surface area (Å²) in [5.41, 5.74) is 4.68. The minimum absolute atomic E-state index is 0.159. The molecular weight excluding hydrogens is 362 g/mol. The van der Waals surface area contributed by atoms with Gasteiger partial charge in [0.1, 0.15) is 0 Å². The van der Waals surface area contributed by atoms with Gasteiger partial charge in [0.05, 0.1) is 12.5 Å². The highest BCUT2D eigenvalue weighted by molar-refractivity contribution is 5.91. The number of aryl methyl sites for hydroxylation is 1. The molecule has 0 bridgehead atoms. The lowest BCUT2D eigenvalue weighted by Crippen LogP contribution is -2.29. The van der Waals surface area contributed by atoms with Gasteiger partial charge in [-0.05, 0) is 48.9 Å². The van der Waals surface area contributed by atoms with Gasteiger partial charge in [0.2, 0.25) is 11.8 Å². The van der Waals surface area contributed by atoms with Crippen LogP contribution in [-0.2, 0) is 9.59 Å². The first-order valence-corrected chi connectivity index (χ1v) is 9.55. The van der Waals surface area contributed by atoms with Gasteiger partial charge in [-0.15, -0.1) is 0 Å². The van der Waals surface area contributed by atoms with Gasteiger partial charge >= 0.3 is 0 Å². The molecule has 5 nitrogen and oxygen atoms in total. The Bertz CT molecular complexity index is 952. The van der Waals surface area contributed by atoms with Crippen molar-refractivity contribution in [2.24, 2.45) is 0 Å². The Morgan fingerprint density at radius 3 is 2.00 bits per heavy atom. The molecule has 0 aliphatic carbocycles. The van der Waals surface area contributed by atoms with E-state index in [2.05, 4.69) is 16.0 Å². The monoisotopic (exact) mass is 387 g/mol. The topological polar surface area (TPSA) is 70.2 Å². The van der Waals surface area contributed by atoms with Gasteiger partial charge in [-0.25, -0.2) is 0 Å². The van der Waals surface area contributed by atoms with Crippen LogP contribution in [0, 0.1) is 6.92 Å². The molecule has 0 radical (unpaired) electrons. The summed E-state index contributed by atoms with van der Waals surface area (Å²) >= 11 is 0. The smallest absolute Gasteiger partial charge is 0.226 e. The lowest BCUT2D eigenvalue weighted by Gasteiger charge is -2.18. The maximum atomic E-state index is 12.5. The molecule has 3 rings (SSSR count). The van der Waals surface area contributed by atoms with Gasteiger partial charge in [-0.1, -0.05) is 48.0 Å². The number of para-hydroxylation sites is 1. The molecule has 2 amide bonds. The molecule has 29 heavy (non-hydrogen) atoms. The summed E-state index contributed by atoms with van der Waals surface area (Å²) in [4.78, 5) is 24.1. The van der Waals surface area contributed by atoms with Crippen molar-refractivity contribution in [1.29, 1.82) is 0 Å². The molecule has 0 saturated heterocycles. The van der Waals surface area contributed by atoms with Gasteiger partial charge in [0.15, 0.2) is 0 Å². The normalized spacial score (nSPS) is 11.4. The molecule has 0 aliphatic rings. The van der Waals surface area contributed by atoms with Gasteiger partial charge in [-0.2, -0.15) is 0 Å². The lowest BCUT2D eigenvalue weighted by atomic mass is 10.0. The summed E-state index contributed by atoms with van der Waals surface area (Å²) in [5, 5.41) is 9.06. The van der Waals surface area contributed by atoms with Crippen LogP contribution in [0.4, 0.5) is 17.1 Å². The van der Waals surface area contributed by atoms with E-state index in [1.54, 1.807) is 0 Å². The molecule has 0 fully saturated rings. The van der Waals surface area contributed by atoms with E-state index in [1.165, 1.54) is 6.92 Å². The summed E-state index contributed by atoms with van der Waals surface area (Å²) < 4.78 is 0. The van der Waals surface area contributed by atoms with Crippen LogP contribution in [0.1, 0.15) is 30.5 Å². The van der Waals surface area contributed by atoms with Gasteiger partial charge in [0, 0.05) is 24.0 Å². The highest BCUT2D eigenvalue weighted by atomic mass is 16.2. The number of benzene rings is 3. The molecule has 3 N–H and O–H groups in total. The fraction of sp³-hybridized carbons (Fsp3) is 0.167. The molecule has 0 heterocycles. The highest BCUT2D eigenvalue weighted by Gasteiger charge is 2.17. The van der Waals surface area contributed by atoms with E-state index in [4.69, 9.17) is 0 Å². The number of hydrogen-bond acceptors (Lipinski definition) is 3. The Balaban J connectivity index is 1.62. The average Bonchev–Trinajstić information content (AvgIpc) is 2.70. The first-order chi connectivity index (χ1) is 14.0. The Labute approximate surface area is 171 Å². The van der Waals surface area contributed by atoms with Gasteiger partial charge in [-0.3, -0.25) is 9.59 Å². The zero-order valence-electron chi connectivity index (χ0n) is 16.6. The van der Waals surface area contributed by atoms with Crippen molar-refractivity contribution in [3.63, 3.8) is 0 Å². The van der Waals surface area contributed by atoms with Gasteiger partial charge < -0.3 is 16.0 Å². The van der Waals surface area contributed by atoms with Crippen LogP contribution in [0.2, 0.25) is 0 Å². The van der Waals surface area contributed by atoms with Crippen LogP contribution in [0.15, 0.2) is 78.9 Å². The van der Waals surface area contributed by atoms with Crippen molar-refractivity contribution in [2.45, 2.75) is 26.3 Å². The summed E-state index contributed by atoms with van der Waals surface area (Å²) in [6.07, 6.45) is 0.159. The van der Waals surface area contributed by atoms with Crippen molar-refractivity contribution in [1.82, 2.24) is 5.32 Å². The van der Waals surface area contributed by atoms with Crippen LogP contribution in [0.25, 0.3) is 0 Å². The standard InChI is InChI=1S/C24H25N3O2/c1-17-8-10-19(11-9-17)23(25-18(2)28)16-24(29)27-22-14-12-21(13-15-22)26-20-6-4-3-5-7-20/h3-15,23,26H,16H2,1-2H3,(H,25,28)(H,27,29). The van der Waals surface area contributed by atoms with Crippen LogP contribution < -0.4 is 16.0 Å². The van der Waals surface area contributed by atoms with E-state index in [0.717, 1.165) is 22.5 Å². The quantitative estimate of drug-likeness (QED) is 0.537. The van der Waals surface area contributed by atoms with E-state index >= 15 is 0 Å². The SMILES string of the molecule is CC(=O)NC(CC(=O)Nc1ccc(Nc2ccccc2)cc1)c1ccc(C)cc1. The third-order valence-electron chi connectivity index (χ3n) is 4.48. The molecule has 0 saturated carbocycles. The molecule has 0 aromatic heterocycles. The third kappa shape index (κ3) is 6.21. The first kappa shape index (κ1) is 20.1. The van der Waals surface area contributed by atoms with E-state index in [0.29, 0.717) is 5.69 Å². The molecule has 3 aromatic rings. The zero-order valence-corrected chi connectivity index (χ0v) is 16.6. The van der Waals surface area contributed by atoms with E-state index in [9.17, 15) is 9.59 Å². The number of amides is 2.